The van der Waals surface area contributed by atoms with Crippen LogP contribution in [0.2, 0.25) is 0 Å². The third kappa shape index (κ3) is 3.29. The van der Waals surface area contributed by atoms with Crippen molar-refractivity contribution in [3.8, 4) is 0 Å². The second kappa shape index (κ2) is 4.60. The highest BCUT2D eigenvalue weighted by molar-refractivity contribution is 5.91. The van der Waals surface area contributed by atoms with Gasteiger partial charge in [0.2, 0.25) is 0 Å². The summed E-state index contributed by atoms with van der Waals surface area (Å²) in [6.45, 7) is 5.07. The van der Waals surface area contributed by atoms with Crippen molar-refractivity contribution in [3.05, 3.63) is 35.4 Å². The van der Waals surface area contributed by atoms with Crippen LogP contribution in [0.1, 0.15) is 43.1 Å². The molecule has 16 heavy (non-hydrogen) atoms. The summed E-state index contributed by atoms with van der Waals surface area (Å²) in [5.74, 6) is -0.719. The molecule has 0 aliphatic heterocycles. The maximum absolute atomic E-state index is 12.6. The van der Waals surface area contributed by atoms with Crippen molar-refractivity contribution in [3.63, 3.8) is 0 Å². The molecule has 0 saturated heterocycles. The van der Waals surface area contributed by atoms with E-state index in [1.165, 1.54) is 24.3 Å². The van der Waals surface area contributed by atoms with Gasteiger partial charge >= 0.3 is 5.97 Å². The molecule has 0 spiro atoms. The Labute approximate surface area is 93.2 Å². The number of rotatable bonds is 2. The van der Waals surface area contributed by atoms with Crippen LogP contribution in [0.15, 0.2) is 24.3 Å². The minimum Gasteiger partial charge on any atom is -0.456 e. The third-order valence-electron chi connectivity index (χ3n) is 1.81. The van der Waals surface area contributed by atoms with E-state index in [-0.39, 0.29) is 11.1 Å². The number of ether oxygens (including phenoxy) is 1. The van der Waals surface area contributed by atoms with E-state index >= 15 is 0 Å². The first-order valence-corrected chi connectivity index (χ1v) is 4.91. The minimum atomic E-state index is -2.68. The lowest BCUT2D eigenvalue weighted by atomic mass is 10.1. The highest BCUT2D eigenvalue weighted by atomic mass is 19.3. The standard InChI is InChI=1S/C12H14F2O2/c1-12(2,3)16-11(15)9-7-5-4-6-8(9)10(13)14/h4-7,10H,1-3H3. The molecule has 0 aliphatic rings. The first-order chi connectivity index (χ1) is 7.31. The van der Waals surface area contributed by atoms with Crippen molar-refractivity contribution in [1.82, 2.24) is 0 Å². The Hall–Kier alpha value is -1.45. The molecule has 0 saturated carbocycles. The Morgan fingerprint density at radius 2 is 1.81 bits per heavy atom. The van der Waals surface area contributed by atoms with Gasteiger partial charge in [-0.25, -0.2) is 13.6 Å². The predicted octanol–water partition coefficient (Wildman–Crippen LogP) is 3.58. The molecule has 0 fully saturated rings. The van der Waals surface area contributed by atoms with Crippen LogP contribution in [0.5, 0.6) is 0 Å². The van der Waals surface area contributed by atoms with E-state index in [0.717, 1.165) is 0 Å². The molecule has 0 aromatic heterocycles. The Bertz CT molecular complexity index is 381. The fraction of sp³-hybridized carbons (Fsp3) is 0.417. The molecule has 0 N–H and O–H groups in total. The van der Waals surface area contributed by atoms with Crippen LogP contribution in [-0.2, 0) is 4.74 Å². The number of alkyl halides is 2. The van der Waals surface area contributed by atoms with E-state index in [2.05, 4.69) is 0 Å². The van der Waals surface area contributed by atoms with E-state index in [4.69, 9.17) is 4.74 Å². The SMILES string of the molecule is CC(C)(C)OC(=O)c1ccccc1C(F)F. The van der Waals surface area contributed by atoms with E-state index in [1.54, 1.807) is 20.8 Å². The average molecular weight is 228 g/mol. The normalized spacial score (nSPS) is 11.6. The minimum absolute atomic E-state index is 0.0765. The molecule has 0 amide bonds. The second-order valence-electron chi connectivity index (χ2n) is 4.39. The third-order valence-corrected chi connectivity index (χ3v) is 1.81. The predicted molar refractivity (Wildman–Crippen MR) is 56.6 cm³/mol. The monoisotopic (exact) mass is 228 g/mol. The van der Waals surface area contributed by atoms with E-state index in [1.807, 2.05) is 0 Å². The van der Waals surface area contributed by atoms with Gasteiger partial charge in [-0.15, -0.1) is 0 Å². The molecule has 2 nitrogen and oxygen atoms in total. The summed E-state index contributed by atoms with van der Waals surface area (Å²) in [5.41, 5.74) is -1.06. The average Bonchev–Trinajstić information content (AvgIpc) is 2.15. The molecule has 1 aromatic rings. The fourth-order valence-electron chi connectivity index (χ4n) is 1.21. The van der Waals surface area contributed by atoms with E-state index in [0.29, 0.717) is 0 Å². The summed E-state index contributed by atoms with van der Waals surface area (Å²) < 4.78 is 30.3. The number of hydrogen-bond acceptors (Lipinski definition) is 2. The van der Waals surface area contributed by atoms with Crippen molar-refractivity contribution in [2.24, 2.45) is 0 Å². The Kier molecular flexibility index (Phi) is 3.62. The number of carbonyl (C=O) groups is 1. The molecule has 0 heterocycles. The molecule has 0 atom stereocenters. The second-order valence-corrected chi connectivity index (χ2v) is 4.39. The zero-order chi connectivity index (χ0) is 12.3. The van der Waals surface area contributed by atoms with Crippen molar-refractivity contribution >= 4 is 5.97 Å². The van der Waals surface area contributed by atoms with Gasteiger partial charge in [0, 0.05) is 5.56 Å². The number of carbonyl (C=O) groups excluding carboxylic acids is 1. The summed E-state index contributed by atoms with van der Waals surface area (Å²) >= 11 is 0. The van der Waals surface area contributed by atoms with Crippen molar-refractivity contribution < 1.29 is 18.3 Å². The maximum Gasteiger partial charge on any atom is 0.339 e. The summed E-state index contributed by atoms with van der Waals surface area (Å²) in [4.78, 5) is 11.6. The molecular formula is C12H14F2O2. The number of benzene rings is 1. The van der Waals surface area contributed by atoms with Gasteiger partial charge in [-0.2, -0.15) is 0 Å². The molecule has 1 rings (SSSR count). The smallest absolute Gasteiger partial charge is 0.339 e. The maximum atomic E-state index is 12.6. The van der Waals surface area contributed by atoms with Gasteiger partial charge in [-0.05, 0) is 26.8 Å². The van der Waals surface area contributed by atoms with Crippen LogP contribution in [0.3, 0.4) is 0 Å². The lowest BCUT2D eigenvalue weighted by Crippen LogP contribution is -2.24. The number of hydrogen-bond donors (Lipinski definition) is 0. The first kappa shape index (κ1) is 12.6. The van der Waals surface area contributed by atoms with Crippen molar-refractivity contribution in [2.75, 3.05) is 0 Å². The van der Waals surface area contributed by atoms with Crippen LogP contribution in [0.4, 0.5) is 8.78 Å². The van der Waals surface area contributed by atoms with Crippen LogP contribution in [0.25, 0.3) is 0 Å². The molecule has 1 aromatic carbocycles. The molecule has 0 aliphatic carbocycles. The Balaban J connectivity index is 3.00. The summed E-state index contributed by atoms with van der Waals surface area (Å²) in [6.07, 6.45) is -2.68. The van der Waals surface area contributed by atoms with Gasteiger partial charge in [0.25, 0.3) is 6.43 Å². The van der Waals surface area contributed by atoms with Crippen LogP contribution in [0, 0.1) is 0 Å². The Morgan fingerprint density at radius 1 is 1.25 bits per heavy atom. The van der Waals surface area contributed by atoms with Crippen LogP contribution < -0.4 is 0 Å². The number of esters is 1. The molecule has 88 valence electrons. The number of halogens is 2. The topological polar surface area (TPSA) is 26.3 Å². The quantitative estimate of drug-likeness (QED) is 0.723. The zero-order valence-corrected chi connectivity index (χ0v) is 9.46. The van der Waals surface area contributed by atoms with Crippen LogP contribution >= 0.6 is 0 Å². The molecule has 4 heteroatoms. The molecule has 0 bridgehead atoms. The highest BCUT2D eigenvalue weighted by Crippen LogP contribution is 2.24. The summed E-state index contributed by atoms with van der Waals surface area (Å²) in [7, 11) is 0. The fourth-order valence-corrected chi connectivity index (χ4v) is 1.21. The largest absolute Gasteiger partial charge is 0.456 e. The van der Waals surface area contributed by atoms with Gasteiger partial charge in [0.05, 0.1) is 5.56 Å². The van der Waals surface area contributed by atoms with Gasteiger partial charge < -0.3 is 4.74 Å². The van der Waals surface area contributed by atoms with Crippen molar-refractivity contribution in [2.45, 2.75) is 32.8 Å². The summed E-state index contributed by atoms with van der Waals surface area (Å²) in [5, 5.41) is 0. The Morgan fingerprint density at radius 3 is 2.31 bits per heavy atom. The van der Waals surface area contributed by atoms with Gasteiger partial charge in [-0.3, -0.25) is 0 Å². The van der Waals surface area contributed by atoms with Gasteiger partial charge in [-0.1, -0.05) is 18.2 Å². The van der Waals surface area contributed by atoms with E-state index in [9.17, 15) is 13.6 Å². The molecular weight excluding hydrogens is 214 g/mol. The highest BCUT2D eigenvalue weighted by Gasteiger charge is 2.22. The van der Waals surface area contributed by atoms with E-state index < -0.39 is 18.0 Å². The van der Waals surface area contributed by atoms with Gasteiger partial charge in [0.1, 0.15) is 5.60 Å². The lowest BCUT2D eigenvalue weighted by molar-refractivity contribution is 0.00621. The molecule has 0 radical (unpaired) electrons. The van der Waals surface area contributed by atoms with Gasteiger partial charge in [0.15, 0.2) is 0 Å². The summed E-state index contributed by atoms with van der Waals surface area (Å²) in [6, 6.07) is 5.57. The molecule has 0 unspecified atom stereocenters. The first-order valence-electron chi connectivity index (χ1n) is 4.91. The lowest BCUT2D eigenvalue weighted by Gasteiger charge is -2.20. The van der Waals surface area contributed by atoms with Crippen LogP contribution in [-0.4, -0.2) is 11.6 Å². The zero-order valence-electron chi connectivity index (χ0n) is 9.46. The van der Waals surface area contributed by atoms with Crippen molar-refractivity contribution in [1.29, 1.82) is 0 Å².